The smallest absolute Gasteiger partial charge is 0.422 e. The van der Waals surface area contributed by atoms with Crippen molar-refractivity contribution in [1.29, 1.82) is 0 Å². The monoisotopic (exact) mass is 542 g/mol. The minimum atomic E-state index is -4.37. The second kappa shape index (κ2) is 12.6. The second-order valence-corrected chi connectivity index (χ2v) is 7.92. The number of hydrogen-bond donors (Lipinski definition) is 2. The molecule has 1 unspecified atom stereocenters. The zero-order chi connectivity index (χ0) is 21.4. The van der Waals surface area contributed by atoms with Crippen molar-refractivity contribution < 1.29 is 17.9 Å². The fourth-order valence-electron chi connectivity index (χ4n) is 3.48. The minimum absolute atomic E-state index is 0. The number of guanidine groups is 1. The Bertz CT molecular complexity index is 683. The van der Waals surface area contributed by atoms with Gasteiger partial charge in [0.25, 0.3) is 0 Å². The summed E-state index contributed by atoms with van der Waals surface area (Å²) in [5, 5.41) is 6.53. The van der Waals surface area contributed by atoms with Crippen LogP contribution in [0.2, 0.25) is 0 Å². The minimum Gasteiger partial charge on any atom is -0.484 e. The Kier molecular flexibility index (Phi) is 11.2. The molecule has 0 aliphatic carbocycles. The molecule has 0 bridgehead atoms. The molecular formula is C21H34F3IN4O. The number of nitrogens with one attached hydrogen (secondary N) is 2. The van der Waals surface area contributed by atoms with Crippen molar-refractivity contribution in [3.05, 3.63) is 29.3 Å². The van der Waals surface area contributed by atoms with E-state index in [1.165, 1.54) is 12.8 Å². The molecule has 0 radical (unpaired) electrons. The number of alkyl halides is 3. The van der Waals surface area contributed by atoms with E-state index >= 15 is 0 Å². The van der Waals surface area contributed by atoms with Gasteiger partial charge >= 0.3 is 6.18 Å². The lowest BCUT2D eigenvalue weighted by Crippen LogP contribution is -2.46. The summed E-state index contributed by atoms with van der Waals surface area (Å²) in [5.74, 6) is 1.42. The predicted molar refractivity (Wildman–Crippen MR) is 126 cm³/mol. The van der Waals surface area contributed by atoms with Crippen LogP contribution in [-0.2, 0) is 6.54 Å². The maximum atomic E-state index is 12.5. The van der Waals surface area contributed by atoms with E-state index in [1.54, 1.807) is 19.2 Å². The zero-order valence-corrected chi connectivity index (χ0v) is 20.5. The first-order valence-corrected chi connectivity index (χ1v) is 10.2. The number of aliphatic imine (C=N–C) groups is 1. The lowest BCUT2D eigenvalue weighted by molar-refractivity contribution is -0.153. The quantitative estimate of drug-likeness (QED) is 0.306. The van der Waals surface area contributed by atoms with Crippen molar-refractivity contribution in [2.24, 2.45) is 10.9 Å². The maximum absolute atomic E-state index is 12.5. The van der Waals surface area contributed by atoms with Gasteiger partial charge in [-0.25, -0.2) is 0 Å². The van der Waals surface area contributed by atoms with Gasteiger partial charge in [-0.2, -0.15) is 13.2 Å². The van der Waals surface area contributed by atoms with Crippen LogP contribution in [0.1, 0.15) is 37.8 Å². The number of nitrogens with zero attached hydrogens (tertiary/aromatic N) is 2. The molecule has 1 aromatic rings. The van der Waals surface area contributed by atoms with E-state index < -0.39 is 12.8 Å². The summed E-state index contributed by atoms with van der Waals surface area (Å²) in [7, 11) is 1.69. The fraction of sp³-hybridized carbons (Fsp3) is 0.667. The summed E-state index contributed by atoms with van der Waals surface area (Å²) in [6, 6.07) is 5.81. The molecule has 172 valence electrons. The molecule has 1 atom stereocenters. The molecular weight excluding hydrogens is 508 g/mol. The van der Waals surface area contributed by atoms with Crippen LogP contribution in [0.15, 0.2) is 23.2 Å². The van der Waals surface area contributed by atoms with Gasteiger partial charge < -0.3 is 20.3 Å². The molecule has 2 rings (SSSR count). The predicted octanol–water partition coefficient (Wildman–Crippen LogP) is 4.34. The molecule has 1 saturated heterocycles. The summed E-state index contributed by atoms with van der Waals surface area (Å²) in [5.41, 5.74) is 1.51. The molecule has 5 nitrogen and oxygen atoms in total. The van der Waals surface area contributed by atoms with Gasteiger partial charge in [-0.1, -0.05) is 12.1 Å². The highest BCUT2D eigenvalue weighted by Crippen LogP contribution is 2.24. The van der Waals surface area contributed by atoms with E-state index in [0.29, 0.717) is 30.0 Å². The summed E-state index contributed by atoms with van der Waals surface area (Å²) in [6.07, 6.45) is -1.99. The van der Waals surface area contributed by atoms with E-state index in [0.717, 1.165) is 25.2 Å². The SMILES string of the molecule is CN=C(NCc1ccc(C)cc1OCC(F)(F)F)NCC1CCCN(C(C)C)C1.I. The average Bonchev–Trinajstić information content (AvgIpc) is 2.67. The number of ether oxygens (including phenoxy) is 1. The molecule has 9 heteroatoms. The highest BCUT2D eigenvalue weighted by Gasteiger charge is 2.29. The Morgan fingerprint density at radius 2 is 2.03 bits per heavy atom. The van der Waals surface area contributed by atoms with Crippen LogP contribution < -0.4 is 15.4 Å². The summed E-state index contributed by atoms with van der Waals surface area (Å²) in [4.78, 5) is 6.72. The Balaban J connectivity index is 0.00000450. The van der Waals surface area contributed by atoms with Crippen molar-refractivity contribution in [1.82, 2.24) is 15.5 Å². The fourth-order valence-corrected chi connectivity index (χ4v) is 3.48. The van der Waals surface area contributed by atoms with Gasteiger partial charge in [-0.3, -0.25) is 4.99 Å². The number of aryl methyl sites for hydroxylation is 1. The van der Waals surface area contributed by atoms with Gasteiger partial charge in [0, 0.05) is 38.3 Å². The van der Waals surface area contributed by atoms with Crippen LogP contribution in [0.4, 0.5) is 13.2 Å². The van der Waals surface area contributed by atoms with Gasteiger partial charge in [-0.15, -0.1) is 24.0 Å². The van der Waals surface area contributed by atoms with Crippen molar-refractivity contribution in [2.75, 3.05) is 33.3 Å². The number of hydrogen-bond acceptors (Lipinski definition) is 3. The molecule has 2 N–H and O–H groups in total. The largest absolute Gasteiger partial charge is 0.484 e. The van der Waals surface area contributed by atoms with Gasteiger partial charge in [0.2, 0.25) is 0 Å². The molecule has 1 heterocycles. The van der Waals surface area contributed by atoms with Crippen LogP contribution in [0.3, 0.4) is 0 Å². The third-order valence-electron chi connectivity index (χ3n) is 5.12. The highest BCUT2D eigenvalue weighted by atomic mass is 127. The summed E-state index contributed by atoms with van der Waals surface area (Å²) >= 11 is 0. The van der Waals surface area contributed by atoms with Crippen molar-refractivity contribution in [3.8, 4) is 5.75 Å². The first-order chi connectivity index (χ1) is 13.7. The lowest BCUT2D eigenvalue weighted by Gasteiger charge is -2.35. The first kappa shape index (κ1) is 26.8. The molecule has 0 amide bonds. The number of piperidine rings is 1. The van der Waals surface area contributed by atoms with Crippen LogP contribution >= 0.6 is 24.0 Å². The number of likely N-dealkylation sites (tertiary alicyclic amines) is 1. The third kappa shape index (κ3) is 9.28. The van der Waals surface area contributed by atoms with Crippen molar-refractivity contribution >= 4 is 29.9 Å². The van der Waals surface area contributed by atoms with E-state index in [4.69, 9.17) is 4.74 Å². The van der Waals surface area contributed by atoms with Gasteiger partial charge in [0.15, 0.2) is 12.6 Å². The Labute approximate surface area is 194 Å². The molecule has 0 aromatic heterocycles. The van der Waals surface area contributed by atoms with Crippen LogP contribution in [0, 0.1) is 12.8 Å². The molecule has 1 aliphatic heterocycles. The topological polar surface area (TPSA) is 48.9 Å². The van der Waals surface area contributed by atoms with E-state index in [9.17, 15) is 13.2 Å². The lowest BCUT2D eigenvalue weighted by atomic mass is 9.97. The summed E-state index contributed by atoms with van der Waals surface area (Å²) in [6.45, 7) is 8.31. The Hall–Kier alpha value is -1.23. The molecule has 30 heavy (non-hydrogen) atoms. The maximum Gasteiger partial charge on any atom is 0.422 e. The molecule has 0 saturated carbocycles. The Morgan fingerprint density at radius 3 is 2.67 bits per heavy atom. The second-order valence-electron chi connectivity index (χ2n) is 7.92. The number of halogens is 4. The standard InChI is InChI=1S/C21H33F3N4O.HI/c1-15(2)28-9-5-6-17(13-28)11-26-20(25-4)27-12-18-8-7-16(3)10-19(18)29-14-21(22,23)24;/h7-8,10,15,17H,5-6,9,11-14H2,1-4H3,(H2,25,26,27);1H. The third-order valence-corrected chi connectivity index (χ3v) is 5.12. The number of rotatable bonds is 7. The van der Waals surface area contributed by atoms with Gasteiger partial charge in [0.05, 0.1) is 0 Å². The van der Waals surface area contributed by atoms with E-state index in [1.807, 2.05) is 13.0 Å². The van der Waals surface area contributed by atoms with Crippen LogP contribution in [0.25, 0.3) is 0 Å². The molecule has 1 aliphatic rings. The van der Waals surface area contributed by atoms with Crippen molar-refractivity contribution in [2.45, 2.75) is 52.4 Å². The van der Waals surface area contributed by atoms with Crippen molar-refractivity contribution in [3.63, 3.8) is 0 Å². The van der Waals surface area contributed by atoms with Crippen LogP contribution in [-0.4, -0.2) is 56.4 Å². The molecule has 1 fully saturated rings. The number of benzene rings is 1. The average molecular weight is 542 g/mol. The zero-order valence-electron chi connectivity index (χ0n) is 18.2. The van der Waals surface area contributed by atoms with E-state index in [2.05, 4.69) is 34.4 Å². The molecule has 0 spiro atoms. The van der Waals surface area contributed by atoms with E-state index in [-0.39, 0.29) is 29.7 Å². The van der Waals surface area contributed by atoms with Crippen LogP contribution in [0.5, 0.6) is 5.75 Å². The molecule has 1 aromatic carbocycles. The first-order valence-electron chi connectivity index (χ1n) is 10.2. The normalized spacial score (nSPS) is 18.1. The van der Waals surface area contributed by atoms with Gasteiger partial charge in [-0.05, 0) is 57.7 Å². The Morgan fingerprint density at radius 1 is 1.30 bits per heavy atom. The highest BCUT2D eigenvalue weighted by molar-refractivity contribution is 14.0. The van der Waals surface area contributed by atoms with Gasteiger partial charge in [0.1, 0.15) is 5.75 Å². The summed E-state index contributed by atoms with van der Waals surface area (Å²) < 4.78 is 42.6.